The Morgan fingerprint density at radius 1 is 1.05 bits per heavy atom. The van der Waals surface area contributed by atoms with E-state index in [4.69, 9.17) is 4.74 Å². The zero-order chi connectivity index (χ0) is 15.9. The Balaban J connectivity index is 3.06. The van der Waals surface area contributed by atoms with Gasteiger partial charge < -0.3 is 4.74 Å². The molecule has 0 aromatic heterocycles. The average molecular weight is 318 g/mol. The molecule has 0 aliphatic carbocycles. The molecule has 0 aliphatic rings. The monoisotopic (exact) mass is 318 g/mol. The smallest absolute Gasteiger partial charge is 0.313 e. The quantitative estimate of drug-likeness (QED) is 0.583. The highest BCUT2D eigenvalue weighted by Crippen LogP contribution is 3.03. The fraction of sp³-hybridized carbons (Fsp3) is 0.538. The van der Waals surface area contributed by atoms with Crippen LogP contribution in [0.5, 0.6) is 5.75 Å². The Morgan fingerprint density at radius 2 is 1.55 bits per heavy atom. The topological polar surface area (TPSA) is 9.23 Å². The third-order valence-electron chi connectivity index (χ3n) is 3.23. The molecule has 0 heterocycles. The number of para-hydroxylation sites is 1. The number of rotatable bonds is 4. The van der Waals surface area contributed by atoms with Gasteiger partial charge in [-0.1, -0.05) is 59.3 Å². The summed E-state index contributed by atoms with van der Waals surface area (Å²) in [4.78, 5) is -1.96. The van der Waals surface area contributed by atoms with E-state index in [1.165, 1.54) is 6.07 Å². The molecule has 0 spiro atoms. The summed E-state index contributed by atoms with van der Waals surface area (Å²) in [6.07, 6.45) is 0. The first-order valence-electron chi connectivity index (χ1n) is 6.07. The zero-order valence-corrected chi connectivity index (χ0v) is 12.6. The van der Waals surface area contributed by atoms with Crippen LogP contribution in [-0.4, -0.2) is 6.61 Å². The van der Waals surface area contributed by atoms with Gasteiger partial charge in [-0.15, -0.1) is 0 Å². The molecule has 0 radical (unpaired) electrons. The van der Waals surface area contributed by atoms with Crippen molar-refractivity contribution in [1.29, 1.82) is 0 Å². The van der Waals surface area contributed by atoms with Gasteiger partial charge in [0.2, 0.25) is 0 Å². The highest BCUT2D eigenvalue weighted by atomic mass is 32.5. The van der Waals surface area contributed by atoms with E-state index in [2.05, 4.69) is 0 Å². The molecule has 0 N–H and O–H groups in total. The van der Waals surface area contributed by atoms with Crippen molar-refractivity contribution in [3.63, 3.8) is 0 Å². The lowest BCUT2D eigenvalue weighted by Crippen LogP contribution is -2.24. The highest BCUT2D eigenvalue weighted by molar-refractivity contribution is 8.45. The van der Waals surface area contributed by atoms with E-state index in [-0.39, 0.29) is 17.9 Å². The molecule has 0 amide bonds. The highest BCUT2D eigenvalue weighted by Gasteiger charge is 2.67. The number of benzene rings is 1. The minimum atomic E-state index is -9.73. The molecule has 0 aliphatic heterocycles. The number of hydrogen-bond donors (Lipinski definition) is 0. The van der Waals surface area contributed by atoms with Crippen molar-refractivity contribution < 1.29 is 24.2 Å². The maximum absolute atomic E-state index is 12.9. The molecule has 118 valence electrons. The maximum atomic E-state index is 12.9. The summed E-state index contributed by atoms with van der Waals surface area (Å²) < 4.78 is 69.4. The molecular weight excluding hydrogens is 299 g/mol. The molecule has 1 nitrogen and oxygen atoms in total. The SMILES string of the molecule is C[C@@H](COc1ccccc1S(F)(F)(F)(F)F)C(C)(C)C. The first-order chi connectivity index (χ1) is 8.61. The normalized spacial score (nSPS) is 18.1. The summed E-state index contributed by atoms with van der Waals surface area (Å²) in [5.41, 5.74) is -0.191. The second kappa shape index (κ2) is 4.26. The van der Waals surface area contributed by atoms with E-state index < -0.39 is 20.9 Å². The lowest BCUT2D eigenvalue weighted by Gasteiger charge is -2.41. The van der Waals surface area contributed by atoms with Crippen LogP contribution in [0.25, 0.3) is 0 Å². The van der Waals surface area contributed by atoms with Gasteiger partial charge in [0.15, 0.2) is 0 Å². The van der Waals surface area contributed by atoms with Gasteiger partial charge in [-0.3, -0.25) is 0 Å². The van der Waals surface area contributed by atoms with Crippen molar-refractivity contribution in [3.05, 3.63) is 24.3 Å². The summed E-state index contributed by atoms with van der Waals surface area (Å²) in [5.74, 6) is -0.906. The molecule has 0 saturated carbocycles. The zero-order valence-electron chi connectivity index (χ0n) is 11.8. The van der Waals surface area contributed by atoms with E-state index in [9.17, 15) is 19.4 Å². The second-order valence-electron chi connectivity index (χ2n) is 5.99. The minimum absolute atomic E-state index is 0.0612. The molecule has 0 bridgehead atoms. The largest absolute Gasteiger partial charge is 0.492 e. The molecule has 1 aromatic carbocycles. The predicted octanol–water partition coefficient (Wildman–Crippen LogP) is 6.41. The van der Waals surface area contributed by atoms with E-state index >= 15 is 0 Å². The van der Waals surface area contributed by atoms with Gasteiger partial charge in [0.1, 0.15) is 10.6 Å². The summed E-state index contributed by atoms with van der Waals surface area (Å²) in [6, 6.07) is 3.44. The fourth-order valence-corrected chi connectivity index (χ4v) is 2.20. The van der Waals surface area contributed by atoms with Crippen LogP contribution >= 0.6 is 10.2 Å². The molecular formula is C13H19F5OS. The Hall–Kier alpha value is -0.980. The number of hydrogen-bond acceptors (Lipinski definition) is 1. The van der Waals surface area contributed by atoms with Crippen LogP contribution in [0.2, 0.25) is 0 Å². The maximum Gasteiger partial charge on any atom is 0.313 e. The Morgan fingerprint density at radius 3 is 2.00 bits per heavy atom. The van der Waals surface area contributed by atoms with Crippen molar-refractivity contribution in [1.82, 2.24) is 0 Å². The van der Waals surface area contributed by atoms with Gasteiger partial charge in [0.25, 0.3) is 0 Å². The van der Waals surface area contributed by atoms with E-state index in [0.717, 1.165) is 12.1 Å². The van der Waals surface area contributed by atoms with Crippen LogP contribution in [0.3, 0.4) is 0 Å². The number of halogens is 5. The summed E-state index contributed by atoms with van der Waals surface area (Å²) in [6.45, 7) is 7.43. The van der Waals surface area contributed by atoms with Crippen LogP contribution in [0.1, 0.15) is 27.7 Å². The molecule has 0 saturated heterocycles. The Labute approximate surface area is 115 Å². The van der Waals surface area contributed by atoms with Crippen molar-refractivity contribution in [3.8, 4) is 5.75 Å². The van der Waals surface area contributed by atoms with E-state index in [1.807, 2.05) is 20.8 Å². The summed E-state index contributed by atoms with van der Waals surface area (Å²) in [7, 11) is -9.73. The molecule has 20 heavy (non-hydrogen) atoms. The van der Waals surface area contributed by atoms with E-state index in [1.54, 1.807) is 6.92 Å². The summed E-state index contributed by atoms with van der Waals surface area (Å²) in [5, 5.41) is 0. The molecule has 1 rings (SSSR count). The number of ether oxygens (including phenoxy) is 1. The third-order valence-corrected chi connectivity index (χ3v) is 4.40. The van der Waals surface area contributed by atoms with Crippen LogP contribution in [0, 0.1) is 11.3 Å². The Kier molecular flexibility index (Phi) is 3.63. The van der Waals surface area contributed by atoms with Crippen LogP contribution in [0.15, 0.2) is 29.2 Å². The molecule has 1 atom stereocenters. The molecule has 0 unspecified atom stereocenters. The van der Waals surface area contributed by atoms with Crippen LogP contribution in [-0.2, 0) is 0 Å². The average Bonchev–Trinajstić information content (AvgIpc) is 2.21. The molecule has 0 fully saturated rings. The lowest BCUT2D eigenvalue weighted by atomic mass is 9.83. The van der Waals surface area contributed by atoms with Gasteiger partial charge in [-0.25, -0.2) is 0 Å². The first kappa shape index (κ1) is 17.1. The first-order valence-corrected chi connectivity index (χ1v) is 8.02. The van der Waals surface area contributed by atoms with Crippen LogP contribution < -0.4 is 4.74 Å². The van der Waals surface area contributed by atoms with Gasteiger partial charge in [0, 0.05) is 0 Å². The second-order valence-corrected chi connectivity index (χ2v) is 8.37. The fourth-order valence-electron chi connectivity index (χ4n) is 1.35. The van der Waals surface area contributed by atoms with Crippen molar-refractivity contribution in [2.45, 2.75) is 32.6 Å². The van der Waals surface area contributed by atoms with Gasteiger partial charge in [-0.05, 0) is 23.5 Å². The summed E-state index contributed by atoms with van der Waals surface area (Å²) >= 11 is 0. The van der Waals surface area contributed by atoms with E-state index in [0.29, 0.717) is 6.07 Å². The molecule has 1 aromatic rings. The third kappa shape index (κ3) is 4.54. The Bertz CT molecular complexity index is 489. The van der Waals surface area contributed by atoms with Crippen LogP contribution in [0.4, 0.5) is 19.4 Å². The predicted molar refractivity (Wildman–Crippen MR) is 72.0 cm³/mol. The lowest BCUT2D eigenvalue weighted by molar-refractivity contribution is 0.157. The van der Waals surface area contributed by atoms with Crippen molar-refractivity contribution >= 4 is 10.2 Å². The minimum Gasteiger partial charge on any atom is -0.492 e. The standard InChI is InChI=1S/C13H19F5OS/c1-10(13(2,3)4)9-19-11-7-5-6-8-12(11)20(14,15,16,17)18/h5-8,10H,9H2,1-4H3/t10-/m0/s1. The van der Waals surface area contributed by atoms with Crippen molar-refractivity contribution in [2.75, 3.05) is 6.61 Å². The van der Waals surface area contributed by atoms with Gasteiger partial charge >= 0.3 is 10.2 Å². The van der Waals surface area contributed by atoms with Gasteiger partial charge in [0.05, 0.1) is 6.61 Å². The van der Waals surface area contributed by atoms with Crippen molar-refractivity contribution in [2.24, 2.45) is 11.3 Å². The van der Waals surface area contributed by atoms with Gasteiger partial charge in [-0.2, -0.15) is 0 Å². The molecule has 7 heteroatoms.